The molecular formula is C11H21N5O. The summed E-state index contributed by atoms with van der Waals surface area (Å²) in [5.41, 5.74) is 5.26. The van der Waals surface area contributed by atoms with Crippen molar-refractivity contribution in [3.63, 3.8) is 0 Å². The van der Waals surface area contributed by atoms with Crippen LogP contribution in [0.1, 0.15) is 43.6 Å². The van der Waals surface area contributed by atoms with Gasteiger partial charge in [-0.25, -0.2) is 4.98 Å². The number of rotatable bonds is 4. The molecule has 0 aromatic carbocycles. The lowest BCUT2D eigenvalue weighted by molar-refractivity contribution is 0.0782. The fourth-order valence-corrected chi connectivity index (χ4v) is 1.29. The van der Waals surface area contributed by atoms with Gasteiger partial charge in [0.05, 0.1) is 0 Å². The van der Waals surface area contributed by atoms with Crippen LogP contribution in [0.2, 0.25) is 0 Å². The van der Waals surface area contributed by atoms with Gasteiger partial charge in [-0.3, -0.25) is 9.89 Å². The average molecular weight is 239 g/mol. The number of aromatic nitrogens is 3. The van der Waals surface area contributed by atoms with Gasteiger partial charge in [-0.1, -0.05) is 20.8 Å². The molecule has 0 fully saturated rings. The van der Waals surface area contributed by atoms with Crippen molar-refractivity contribution in [1.82, 2.24) is 20.1 Å². The largest absolute Gasteiger partial charge is 0.339 e. The van der Waals surface area contributed by atoms with Crippen molar-refractivity contribution < 1.29 is 4.79 Å². The maximum atomic E-state index is 11.9. The molecule has 1 aromatic heterocycles. The molecule has 0 saturated heterocycles. The minimum absolute atomic E-state index is 0.138. The number of nitrogens with zero attached hydrogens (tertiary/aromatic N) is 3. The Labute approximate surface area is 102 Å². The van der Waals surface area contributed by atoms with Crippen LogP contribution >= 0.6 is 0 Å². The van der Waals surface area contributed by atoms with Gasteiger partial charge in [0.15, 0.2) is 0 Å². The molecule has 0 atom stereocenters. The summed E-state index contributed by atoms with van der Waals surface area (Å²) in [6.07, 6.45) is 0.777. The van der Waals surface area contributed by atoms with Gasteiger partial charge in [-0.15, -0.1) is 5.10 Å². The highest BCUT2D eigenvalue weighted by Crippen LogP contribution is 2.17. The van der Waals surface area contributed by atoms with E-state index in [-0.39, 0.29) is 17.1 Å². The van der Waals surface area contributed by atoms with Crippen LogP contribution in [-0.4, -0.2) is 46.1 Å². The van der Waals surface area contributed by atoms with Crippen molar-refractivity contribution in [3.05, 3.63) is 11.6 Å². The number of nitrogens with two attached hydrogens (primary N) is 1. The van der Waals surface area contributed by atoms with E-state index >= 15 is 0 Å². The van der Waals surface area contributed by atoms with E-state index in [9.17, 15) is 4.79 Å². The summed E-state index contributed by atoms with van der Waals surface area (Å²) < 4.78 is 0. The first-order chi connectivity index (χ1) is 7.86. The van der Waals surface area contributed by atoms with Gasteiger partial charge in [0, 0.05) is 19.0 Å². The van der Waals surface area contributed by atoms with Crippen LogP contribution < -0.4 is 5.73 Å². The minimum Gasteiger partial charge on any atom is -0.339 e. The highest BCUT2D eigenvalue weighted by Gasteiger charge is 2.22. The first kappa shape index (κ1) is 13.6. The fraction of sp³-hybridized carbons (Fsp3) is 0.727. The number of nitrogens with one attached hydrogen (secondary N) is 1. The zero-order valence-electron chi connectivity index (χ0n) is 10.9. The van der Waals surface area contributed by atoms with E-state index in [1.165, 1.54) is 0 Å². The summed E-state index contributed by atoms with van der Waals surface area (Å²) in [5, 5.41) is 6.76. The number of H-pyrrole nitrogens is 1. The fourth-order valence-electron chi connectivity index (χ4n) is 1.29. The van der Waals surface area contributed by atoms with Crippen molar-refractivity contribution in [3.8, 4) is 0 Å². The second-order valence-corrected chi connectivity index (χ2v) is 5.13. The third-order valence-electron chi connectivity index (χ3n) is 2.43. The van der Waals surface area contributed by atoms with Gasteiger partial charge >= 0.3 is 0 Å². The van der Waals surface area contributed by atoms with Crippen molar-refractivity contribution in [2.45, 2.75) is 32.6 Å². The summed E-state index contributed by atoms with van der Waals surface area (Å²) in [4.78, 5) is 17.7. The first-order valence-electron chi connectivity index (χ1n) is 5.74. The second kappa shape index (κ2) is 5.27. The molecule has 0 spiro atoms. The van der Waals surface area contributed by atoms with Crippen LogP contribution in [-0.2, 0) is 5.41 Å². The van der Waals surface area contributed by atoms with E-state index in [0.29, 0.717) is 18.9 Å². The molecule has 3 N–H and O–H groups in total. The van der Waals surface area contributed by atoms with Crippen LogP contribution in [0.25, 0.3) is 0 Å². The Kier molecular flexibility index (Phi) is 4.22. The Morgan fingerprint density at radius 3 is 2.59 bits per heavy atom. The SMILES string of the molecule is CN(CCCN)C(=O)c1n[nH]c(C(C)(C)C)n1. The quantitative estimate of drug-likeness (QED) is 0.802. The standard InChI is InChI=1S/C11H21N5O/c1-11(2,3)10-13-8(14-15-10)9(17)16(4)7-5-6-12/h5-7,12H2,1-4H3,(H,13,14,15). The summed E-state index contributed by atoms with van der Waals surface area (Å²) in [7, 11) is 1.73. The molecule has 1 aromatic rings. The van der Waals surface area contributed by atoms with Gasteiger partial charge in [0.1, 0.15) is 5.82 Å². The van der Waals surface area contributed by atoms with Crippen LogP contribution in [0.5, 0.6) is 0 Å². The monoisotopic (exact) mass is 239 g/mol. The van der Waals surface area contributed by atoms with Gasteiger partial charge < -0.3 is 10.6 Å². The summed E-state index contributed by atoms with van der Waals surface area (Å²) in [6, 6.07) is 0. The Balaban J connectivity index is 2.73. The highest BCUT2D eigenvalue weighted by atomic mass is 16.2. The Morgan fingerprint density at radius 2 is 2.12 bits per heavy atom. The third kappa shape index (κ3) is 3.52. The van der Waals surface area contributed by atoms with Gasteiger partial charge in [0.2, 0.25) is 5.82 Å². The second-order valence-electron chi connectivity index (χ2n) is 5.13. The number of aromatic amines is 1. The molecule has 0 aliphatic rings. The molecule has 1 amide bonds. The van der Waals surface area contributed by atoms with Crippen molar-refractivity contribution >= 4 is 5.91 Å². The maximum absolute atomic E-state index is 11.9. The van der Waals surface area contributed by atoms with Crippen molar-refractivity contribution in [1.29, 1.82) is 0 Å². The van der Waals surface area contributed by atoms with Gasteiger partial charge in [0.25, 0.3) is 5.91 Å². The molecule has 0 bridgehead atoms. The highest BCUT2D eigenvalue weighted by molar-refractivity contribution is 5.90. The van der Waals surface area contributed by atoms with Crippen molar-refractivity contribution in [2.75, 3.05) is 20.1 Å². The van der Waals surface area contributed by atoms with Gasteiger partial charge in [-0.2, -0.15) is 0 Å². The predicted molar refractivity (Wildman–Crippen MR) is 65.7 cm³/mol. The molecule has 0 aliphatic heterocycles. The minimum atomic E-state index is -0.176. The molecule has 1 heterocycles. The Hall–Kier alpha value is -1.43. The molecule has 0 unspecified atom stereocenters. The van der Waals surface area contributed by atoms with Crippen LogP contribution in [0, 0.1) is 0 Å². The van der Waals surface area contributed by atoms with Crippen LogP contribution in [0.4, 0.5) is 0 Å². The predicted octanol–water partition coefficient (Wildman–Crippen LogP) is 0.523. The number of hydrogen-bond acceptors (Lipinski definition) is 4. The average Bonchev–Trinajstić information content (AvgIpc) is 2.73. The van der Waals surface area contributed by atoms with E-state index in [4.69, 9.17) is 5.73 Å². The van der Waals surface area contributed by atoms with Gasteiger partial charge in [-0.05, 0) is 13.0 Å². The molecule has 1 rings (SSSR count). The number of carbonyl (C=O) groups is 1. The summed E-state index contributed by atoms with van der Waals surface area (Å²) in [5.74, 6) is 0.757. The van der Waals surface area contributed by atoms with E-state index < -0.39 is 0 Å². The zero-order chi connectivity index (χ0) is 13.1. The van der Waals surface area contributed by atoms with Crippen LogP contribution in [0.3, 0.4) is 0 Å². The lowest BCUT2D eigenvalue weighted by atomic mass is 9.96. The number of hydrogen-bond donors (Lipinski definition) is 2. The molecule has 6 nitrogen and oxygen atoms in total. The lowest BCUT2D eigenvalue weighted by Crippen LogP contribution is -2.30. The Bertz CT molecular complexity index is 379. The van der Waals surface area contributed by atoms with Crippen molar-refractivity contribution in [2.24, 2.45) is 5.73 Å². The summed E-state index contributed by atoms with van der Waals surface area (Å²) >= 11 is 0. The molecule has 6 heteroatoms. The summed E-state index contributed by atoms with van der Waals surface area (Å²) in [6.45, 7) is 7.23. The first-order valence-corrected chi connectivity index (χ1v) is 5.74. The molecular weight excluding hydrogens is 218 g/mol. The molecule has 96 valence electrons. The Morgan fingerprint density at radius 1 is 1.47 bits per heavy atom. The normalized spacial score (nSPS) is 11.6. The molecule has 0 aliphatic carbocycles. The maximum Gasteiger partial charge on any atom is 0.293 e. The molecule has 0 radical (unpaired) electrons. The zero-order valence-corrected chi connectivity index (χ0v) is 10.9. The number of carbonyl (C=O) groups excluding carboxylic acids is 1. The van der Waals surface area contributed by atoms with E-state index in [0.717, 1.165) is 6.42 Å². The molecule has 17 heavy (non-hydrogen) atoms. The lowest BCUT2D eigenvalue weighted by Gasteiger charge is -2.15. The van der Waals surface area contributed by atoms with E-state index in [2.05, 4.69) is 15.2 Å². The third-order valence-corrected chi connectivity index (χ3v) is 2.43. The van der Waals surface area contributed by atoms with E-state index in [1.807, 2.05) is 20.8 Å². The molecule has 0 saturated carbocycles. The van der Waals surface area contributed by atoms with E-state index in [1.54, 1.807) is 11.9 Å². The topological polar surface area (TPSA) is 87.9 Å². The smallest absolute Gasteiger partial charge is 0.293 e. The van der Waals surface area contributed by atoms with Crippen LogP contribution in [0.15, 0.2) is 0 Å². The number of amides is 1.